The molecule has 0 atom stereocenters. The zero-order valence-corrected chi connectivity index (χ0v) is 17.3. The van der Waals surface area contributed by atoms with Crippen LogP contribution < -0.4 is 0 Å². The lowest BCUT2D eigenvalue weighted by molar-refractivity contribution is -0.133. The second-order valence-electron chi connectivity index (χ2n) is 6.79. The number of carbonyl (C=O) groups is 2. The van der Waals surface area contributed by atoms with Crippen LogP contribution in [0.1, 0.15) is 19.5 Å². The summed E-state index contributed by atoms with van der Waals surface area (Å²) in [6.45, 7) is 4.50. The van der Waals surface area contributed by atoms with E-state index < -0.39 is 0 Å². The van der Waals surface area contributed by atoms with Gasteiger partial charge in [0.25, 0.3) is 11.8 Å². The molecule has 1 aliphatic rings. The molecule has 148 valence electrons. The second-order valence-corrected chi connectivity index (χ2v) is 7.16. The molecule has 0 aliphatic carbocycles. The predicted octanol–water partition coefficient (Wildman–Crippen LogP) is 3.82. The molecule has 0 N–H and O–H groups in total. The highest BCUT2D eigenvalue weighted by molar-refractivity contribution is 7.80. The van der Waals surface area contributed by atoms with Crippen molar-refractivity contribution in [3.63, 3.8) is 0 Å². The second kappa shape index (κ2) is 7.33. The van der Waals surface area contributed by atoms with E-state index in [1.165, 1.54) is 9.80 Å². The van der Waals surface area contributed by atoms with E-state index in [2.05, 4.69) is 0 Å². The van der Waals surface area contributed by atoms with Crippen molar-refractivity contribution >= 4 is 46.3 Å². The summed E-state index contributed by atoms with van der Waals surface area (Å²) in [5.74, 6) is 0.0416. The molecule has 0 bridgehead atoms. The smallest absolute Gasteiger partial charge is 0.265 e. The maximum Gasteiger partial charge on any atom is 0.265 e. The third kappa shape index (κ3) is 3.07. The molecule has 0 unspecified atom stereocenters. The van der Waals surface area contributed by atoms with Crippen molar-refractivity contribution in [2.45, 2.75) is 13.8 Å². The Kier molecular flexibility index (Phi) is 4.84. The highest BCUT2D eigenvalue weighted by Crippen LogP contribution is 2.31. The molecule has 0 radical (unpaired) electrons. The Morgan fingerprint density at radius 1 is 1.00 bits per heavy atom. The molecular weight excluding hydrogens is 386 g/mol. The molecule has 4 rings (SSSR count). The largest absolute Gasteiger partial charge is 0.454 e. The number of likely N-dealkylation sites (N-methyl/N-ethyl adjacent to an activating group) is 2. The zero-order valence-electron chi connectivity index (χ0n) is 16.5. The maximum atomic E-state index is 12.8. The molecule has 1 fully saturated rings. The minimum absolute atomic E-state index is 0.105. The number of fused-ring (bicyclic) bond motifs is 1. The zero-order chi connectivity index (χ0) is 20.7. The highest BCUT2D eigenvalue weighted by Gasteiger charge is 2.38. The van der Waals surface area contributed by atoms with Crippen LogP contribution in [0.15, 0.2) is 52.5 Å². The minimum Gasteiger partial charge on any atom is -0.454 e. The lowest BCUT2D eigenvalue weighted by Crippen LogP contribution is -2.55. The summed E-state index contributed by atoms with van der Waals surface area (Å²) in [4.78, 5) is 28.6. The van der Waals surface area contributed by atoms with E-state index in [0.29, 0.717) is 18.7 Å². The Hall–Kier alpha value is -3.19. The SMILES string of the molecule is CCN1C(=O)C(=Cc2cc3oc(-c4ccccc4)cc3n2C)C(=O)N(CC)C1=S. The molecule has 1 saturated heterocycles. The number of hydrogen-bond acceptors (Lipinski definition) is 4. The van der Waals surface area contributed by atoms with Crippen LogP contribution in [0.2, 0.25) is 0 Å². The number of rotatable bonds is 4. The van der Waals surface area contributed by atoms with Crippen molar-refractivity contribution in [1.82, 2.24) is 14.4 Å². The minimum atomic E-state index is -0.366. The molecule has 0 saturated carbocycles. The van der Waals surface area contributed by atoms with Gasteiger partial charge in [0.2, 0.25) is 0 Å². The van der Waals surface area contributed by atoms with Crippen LogP contribution >= 0.6 is 12.2 Å². The third-order valence-corrected chi connectivity index (χ3v) is 5.60. The van der Waals surface area contributed by atoms with Gasteiger partial charge < -0.3 is 8.98 Å². The maximum absolute atomic E-state index is 12.8. The van der Waals surface area contributed by atoms with Gasteiger partial charge in [-0.1, -0.05) is 30.3 Å². The summed E-state index contributed by atoms with van der Waals surface area (Å²) < 4.78 is 7.91. The number of aromatic nitrogens is 1. The first kappa shape index (κ1) is 19.1. The molecule has 2 aromatic heterocycles. The average molecular weight is 407 g/mol. The summed E-state index contributed by atoms with van der Waals surface area (Å²) in [5.41, 5.74) is 3.40. The van der Waals surface area contributed by atoms with E-state index in [1.54, 1.807) is 6.08 Å². The quantitative estimate of drug-likeness (QED) is 0.375. The number of benzene rings is 1. The monoisotopic (exact) mass is 407 g/mol. The van der Waals surface area contributed by atoms with Crippen LogP contribution in [0.25, 0.3) is 28.5 Å². The summed E-state index contributed by atoms with van der Waals surface area (Å²) in [6.07, 6.45) is 1.62. The number of aryl methyl sites for hydroxylation is 1. The summed E-state index contributed by atoms with van der Waals surface area (Å²) in [7, 11) is 1.89. The first-order valence-electron chi connectivity index (χ1n) is 9.50. The Morgan fingerprint density at radius 3 is 2.17 bits per heavy atom. The van der Waals surface area contributed by atoms with E-state index in [9.17, 15) is 9.59 Å². The topological polar surface area (TPSA) is 58.7 Å². The number of carbonyl (C=O) groups excluding carboxylic acids is 2. The molecule has 1 aliphatic heterocycles. The number of furan rings is 1. The summed E-state index contributed by atoms with van der Waals surface area (Å²) >= 11 is 5.31. The van der Waals surface area contributed by atoms with Crippen molar-refractivity contribution < 1.29 is 14.0 Å². The Labute approximate surface area is 174 Å². The molecule has 1 aromatic carbocycles. The average Bonchev–Trinajstić information content (AvgIpc) is 3.26. The standard InChI is InChI=1S/C22H21N3O3S/c1-4-24-20(26)16(21(27)25(5-2)22(24)29)11-15-12-19-17(23(15)3)13-18(28-19)14-9-7-6-8-10-14/h6-13H,4-5H2,1-3H3. The first-order valence-corrected chi connectivity index (χ1v) is 9.91. The van der Waals surface area contributed by atoms with E-state index in [1.807, 2.05) is 67.9 Å². The number of nitrogens with zero attached hydrogens (tertiary/aromatic N) is 3. The molecule has 29 heavy (non-hydrogen) atoms. The van der Waals surface area contributed by atoms with E-state index in [-0.39, 0.29) is 22.5 Å². The molecule has 3 aromatic rings. The molecule has 7 heteroatoms. The fourth-order valence-corrected chi connectivity index (χ4v) is 3.97. The highest BCUT2D eigenvalue weighted by atomic mass is 32.1. The van der Waals surface area contributed by atoms with Crippen molar-refractivity contribution in [3.8, 4) is 11.3 Å². The number of amides is 2. The van der Waals surface area contributed by atoms with Crippen LogP contribution in [0.3, 0.4) is 0 Å². The lowest BCUT2D eigenvalue weighted by atomic mass is 10.1. The van der Waals surface area contributed by atoms with Gasteiger partial charge in [-0.25, -0.2) is 0 Å². The third-order valence-electron chi connectivity index (χ3n) is 5.16. The molecule has 2 amide bonds. The van der Waals surface area contributed by atoms with Crippen LogP contribution in [0.5, 0.6) is 0 Å². The van der Waals surface area contributed by atoms with Crippen LogP contribution in [-0.2, 0) is 16.6 Å². The predicted molar refractivity (Wildman–Crippen MR) is 116 cm³/mol. The van der Waals surface area contributed by atoms with Crippen LogP contribution in [0.4, 0.5) is 0 Å². The molecule has 0 spiro atoms. The van der Waals surface area contributed by atoms with Gasteiger partial charge in [0.05, 0.1) is 5.52 Å². The Morgan fingerprint density at radius 2 is 1.62 bits per heavy atom. The van der Waals surface area contributed by atoms with E-state index in [4.69, 9.17) is 16.6 Å². The van der Waals surface area contributed by atoms with Gasteiger partial charge in [0.1, 0.15) is 11.3 Å². The van der Waals surface area contributed by atoms with Gasteiger partial charge in [-0.15, -0.1) is 0 Å². The van der Waals surface area contributed by atoms with E-state index in [0.717, 1.165) is 22.5 Å². The van der Waals surface area contributed by atoms with E-state index >= 15 is 0 Å². The normalized spacial score (nSPS) is 15.0. The van der Waals surface area contributed by atoms with Crippen molar-refractivity contribution in [1.29, 1.82) is 0 Å². The van der Waals surface area contributed by atoms with Crippen LogP contribution in [-0.4, -0.2) is 44.4 Å². The Bertz CT molecular complexity index is 1130. The van der Waals surface area contributed by atoms with Gasteiger partial charge >= 0.3 is 0 Å². The lowest BCUT2D eigenvalue weighted by Gasteiger charge is -2.35. The number of thiocarbonyl (C=S) groups is 1. The van der Waals surface area contributed by atoms with Crippen molar-refractivity contribution in [3.05, 3.63) is 53.7 Å². The summed E-state index contributed by atoms with van der Waals surface area (Å²) in [6, 6.07) is 13.7. The first-order chi connectivity index (χ1) is 14.0. The number of hydrogen-bond donors (Lipinski definition) is 0. The Balaban J connectivity index is 1.76. The van der Waals surface area contributed by atoms with Crippen molar-refractivity contribution in [2.24, 2.45) is 7.05 Å². The molecule has 6 nitrogen and oxygen atoms in total. The van der Waals surface area contributed by atoms with Gasteiger partial charge in [-0.05, 0) is 32.1 Å². The van der Waals surface area contributed by atoms with Crippen LogP contribution in [0, 0.1) is 0 Å². The molecular formula is C22H21N3O3S. The van der Waals surface area contributed by atoms with Crippen molar-refractivity contribution in [2.75, 3.05) is 13.1 Å². The van der Waals surface area contributed by atoms with Gasteiger partial charge in [0, 0.05) is 43.5 Å². The summed E-state index contributed by atoms with van der Waals surface area (Å²) in [5, 5.41) is 0.260. The fraction of sp³-hybridized carbons (Fsp3) is 0.227. The van der Waals surface area contributed by atoms with Gasteiger partial charge in [-0.2, -0.15) is 0 Å². The molecule has 3 heterocycles. The fourth-order valence-electron chi connectivity index (χ4n) is 3.55. The van der Waals surface area contributed by atoms with Gasteiger partial charge in [0.15, 0.2) is 10.7 Å². The van der Waals surface area contributed by atoms with Gasteiger partial charge in [-0.3, -0.25) is 19.4 Å².